The topological polar surface area (TPSA) is 71.3 Å². The molecule has 1 aliphatic rings. The predicted molar refractivity (Wildman–Crippen MR) is 117 cm³/mol. The zero-order chi connectivity index (χ0) is 21.3. The van der Waals surface area contributed by atoms with Crippen LogP contribution in [0.25, 0.3) is 0 Å². The van der Waals surface area contributed by atoms with Gasteiger partial charge in [-0.25, -0.2) is 9.67 Å². The minimum Gasteiger partial charge on any atom is -0.337 e. The van der Waals surface area contributed by atoms with Crippen LogP contribution in [-0.2, 0) is 22.7 Å². The van der Waals surface area contributed by atoms with Gasteiger partial charge < -0.3 is 9.80 Å². The van der Waals surface area contributed by atoms with E-state index in [0.29, 0.717) is 25.4 Å². The molecule has 0 saturated heterocycles. The number of fused-ring (bicyclic) bond motifs is 1. The quantitative estimate of drug-likeness (QED) is 0.770. The standard InChI is InChI=1S/C23H33N5O2/c1-19(2)14-22(29)28-13-9-5-3-4-8-12-26(15-20-10-6-7-11-21(20)28)23(30)16-27-18-24-17-25-27/h6-7,10-11,17-19H,3-5,8-9,12-16H2,1-2H3. The van der Waals surface area contributed by atoms with Crippen LogP contribution in [0.3, 0.4) is 0 Å². The molecule has 0 atom stereocenters. The lowest BCUT2D eigenvalue weighted by molar-refractivity contribution is -0.132. The fraction of sp³-hybridized carbons (Fsp3) is 0.565. The van der Waals surface area contributed by atoms with E-state index in [0.717, 1.165) is 49.9 Å². The Morgan fingerprint density at radius 1 is 1.00 bits per heavy atom. The number of hydrogen-bond acceptors (Lipinski definition) is 4. The molecule has 0 fully saturated rings. The van der Waals surface area contributed by atoms with E-state index >= 15 is 0 Å². The average molecular weight is 412 g/mol. The maximum Gasteiger partial charge on any atom is 0.244 e. The molecule has 2 aromatic rings. The Labute approximate surface area is 179 Å². The number of rotatable bonds is 4. The van der Waals surface area contributed by atoms with Crippen molar-refractivity contribution in [3.05, 3.63) is 42.5 Å². The molecule has 0 saturated carbocycles. The molecular formula is C23H33N5O2. The summed E-state index contributed by atoms with van der Waals surface area (Å²) in [5, 5.41) is 4.07. The fourth-order valence-corrected chi connectivity index (χ4v) is 3.90. The molecule has 1 aliphatic heterocycles. The number of benzene rings is 1. The molecule has 30 heavy (non-hydrogen) atoms. The highest BCUT2D eigenvalue weighted by atomic mass is 16.2. The Bertz CT molecular complexity index is 819. The number of carbonyl (C=O) groups is 2. The third kappa shape index (κ3) is 6.15. The molecule has 7 heteroatoms. The maximum atomic E-state index is 13.0. The number of anilines is 1. The minimum atomic E-state index is 0.0208. The van der Waals surface area contributed by atoms with Gasteiger partial charge in [-0.15, -0.1) is 0 Å². The van der Waals surface area contributed by atoms with Crippen molar-refractivity contribution >= 4 is 17.5 Å². The molecular weight excluding hydrogens is 378 g/mol. The summed E-state index contributed by atoms with van der Waals surface area (Å²) >= 11 is 0. The molecule has 162 valence electrons. The molecule has 0 radical (unpaired) electrons. The molecule has 1 aromatic heterocycles. The van der Waals surface area contributed by atoms with Crippen molar-refractivity contribution in [2.45, 2.75) is 65.5 Å². The van der Waals surface area contributed by atoms with Gasteiger partial charge in [-0.3, -0.25) is 9.59 Å². The zero-order valence-electron chi connectivity index (χ0n) is 18.2. The highest BCUT2D eigenvalue weighted by molar-refractivity contribution is 5.94. The van der Waals surface area contributed by atoms with Gasteiger partial charge in [-0.05, 0) is 30.4 Å². The Morgan fingerprint density at radius 2 is 1.73 bits per heavy atom. The van der Waals surface area contributed by atoms with E-state index in [1.807, 2.05) is 34.1 Å². The van der Waals surface area contributed by atoms with E-state index < -0.39 is 0 Å². The molecule has 0 aliphatic carbocycles. The van der Waals surface area contributed by atoms with E-state index in [2.05, 4.69) is 23.9 Å². The van der Waals surface area contributed by atoms with Crippen LogP contribution in [0.2, 0.25) is 0 Å². The third-order valence-electron chi connectivity index (χ3n) is 5.45. The SMILES string of the molecule is CC(C)CC(=O)N1CCCCCCCN(C(=O)Cn2cncn2)Cc2ccccc21. The Kier molecular flexibility index (Phi) is 7.99. The first-order valence-corrected chi connectivity index (χ1v) is 11.0. The largest absolute Gasteiger partial charge is 0.337 e. The second-order valence-electron chi connectivity index (χ2n) is 8.45. The van der Waals surface area contributed by atoms with Gasteiger partial charge in [0.25, 0.3) is 0 Å². The summed E-state index contributed by atoms with van der Waals surface area (Å²) in [6, 6.07) is 8.00. The molecule has 2 amide bonds. The molecule has 2 heterocycles. The van der Waals surface area contributed by atoms with Gasteiger partial charge in [0, 0.05) is 31.7 Å². The molecule has 7 nitrogen and oxygen atoms in total. The second-order valence-corrected chi connectivity index (χ2v) is 8.45. The van der Waals surface area contributed by atoms with Gasteiger partial charge in [-0.2, -0.15) is 5.10 Å². The highest BCUT2D eigenvalue weighted by Gasteiger charge is 2.22. The molecule has 1 aromatic carbocycles. The second kappa shape index (κ2) is 10.9. The summed E-state index contributed by atoms with van der Waals surface area (Å²) in [6.07, 6.45) is 8.84. The fourth-order valence-electron chi connectivity index (χ4n) is 3.90. The van der Waals surface area contributed by atoms with Crippen molar-refractivity contribution in [1.82, 2.24) is 19.7 Å². The van der Waals surface area contributed by atoms with E-state index in [1.54, 1.807) is 11.0 Å². The van der Waals surface area contributed by atoms with Crippen LogP contribution in [0, 0.1) is 5.92 Å². The first kappa shape index (κ1) is 22.0. The van der Waals surface area contributed by atoms with Gasteiger partial charge in [0.2, 0.25) is 11.8 Å². The lowest BCUT2D eigenvalue weighted by atomic mass is 10.0. The normalized spacial score (nSPS) is 16.0. The lowest BCUT2D eigenvalue weighted by Crippen LogP contribution is -2.37. The number of para-hydroxylation sites is 1. The van der Waals surface area contributed by atoms with Gasteiger partial charge in [0.05, 0.1) is 0 Å². The van der Waals surface area contributed by atoms with Crippen molar-refractivity contribution in [3.63, 3.8) is 0 Å². The van der Waals surface area contributed by atoms with Crippen LogP contribution in [0.4, 0.5) is 5.69 Å². The molecule has 0 N–H and O–H groups in total. The Hall–Kier alpha value is -2.70. The average Bonchev–Trinajstić information content (AvgIpc) is 3.21. The van der Waals surface area contributed by atoms with Crippen LogP contribution >= 0.6 is 0 Å². The lowest BCUT2D eigenvalue weighted by Gasteiger charge is -2.30. The molecule has 0 unspecified atom stereocenters. The zero-order valence-corrected chi connectivity index (χ0v) is 18.2. The smallest absolute Gasteiger partial charge is 0.244 e. The molecule has 3 rings (SSSR count). The minimum absolute atomic E-state index is 0.0208. The summed E-state index contributed by atoms with van der Waals surface area (Å²) in [5.41, 5.74) is 1.95. The van der Waals surface area contributed by atoms with Crippen LogP contribution in [0.1, 0.15) is 57.9 Å². The van der Waals surface area contributed by atoms with Crippen molar-refractivity contribution in [2.75, 3.05) is 18.0 Å². The molecule has 0 bridgehead atoms. The van der Waals surface area contributed by atoms with Crippen molar-refractivity contribution in [2.24, 2.45) is 5.92 Å². The van der Waals surface area contributed by atoms with Crippen LogP contribution < -0.4 is 4.90 Å². The van der Waals surface area contributed by atoms with Crippen LogP contribution in [-0.4, -0.2) is 44.6 Å². The maximum absolute atomic E-state index is 13.0. The van der Waals surface area contributed by atoms with Crippen molar-refractivity contribution < 1.29 is 9.59 Å². The highest BCUT2D eigenvalue weighted by Crippen LogP contribution is 2.25. The van der Waals surface area contributed by atoms with E-state index in [9.17, 15) is 9.59 Å². The first-order chi connectivity index (χ1) is 14.5. The summed E-state index contributed by atoms with van der Waals surface area (Å²) in [6.45, 7) is 6.26. The van der Waals surface area contributed by atoms with Crippen LogP contribution in [0.15, 0.2) is 36.9 Å². The van der Waals surface area contributed by atoms with E-state index in [-0.39, 0.29) is 18.4 Å². The van der Waals surface area contributed by atoms with E-state index in [1.165, 1.54) is 6.33 Å². The first-order valence-electron chi connectivity index (χ1n) is 11.0. The number of aromatic nitrogens is 3. The third-order valence-corrected chi connectivity index (χ3v) is 5.45. The predicted octanol–water partition coefficient (Wildman–Crippen LogP) is 3.65. The van der Waals surface area contributed by atoms with Crippen molar-refractivity contribution in [1.29, 1.82) is 0 Å². The van der Waals surface area contributed by atoms with Crippen molar-refractivity contribution in [3.8, 4) is 0 Å². The van der Waals surface area contributed by atoms with Gasteiger partial charge in [0.1, 0.15) is 19.2 Å². The summed E-state index contributed by atoms with van der Waals surface area (Å²) in [4.78, 5) is 33.8. The summed E-state index contributed by atoms with van der Waals surface area (Å²) < 4.78 is 1.56. The Morgan fingerprint density at radius 3 is 2.47 bits per heavy atom. The van der Waals surface area contributed by atoms with Crippen LogP contribution in [0.5, 0.6) is 0 Å². The van der Waals surface area contributed by atoms with Gasteiger partial charge >= 0.3 is 0 Å². The number of hydrogen-bond donors (Lipinski definition) is 0. The molecule has 0 spiro atoms. The Balaban J connectivity index is 1.87. The number of nitrogens with zero attached hydrogens (tertiary/aromatic N) is 5. The number of carbonyl (C=O) groups excluding carboxylic acids is 2. The van der Waals surface area contributed by atoms with E-state index in [4.69, 9.17) is 0 Å². The number of amides is 2. The summed E-state index contributed by atoms with van der Waals surface area (Å²) in [7, 11) is 0. The van der Waals surface area contributed by atoms with Gasteiger partial charge in [-0.1, -0.05) is 51.3 Å². The summed E-state index contributed by atoms with van der Waals surface area (Å²) in [5.74, 6) is 0.495. The van der Waals surface area contributed by atoms with Gasteiger partial charge in [0.15, 0.2) is 0 Å². The monoisotopic (exact) mass is 411 g/mol.